The zero-order chi connectivity index (χ0) is 11.1. The van der Waals surface area contributed by atoms with Gasteiger partial charge in [0.25, 0.3) is 0 Å². The molecule has 0 aromatic carbocycles. The van der Waals surface area contributed by atoms with E-state index >= 15 is 0 Å². The van der Waals surface area contributed by atoms with E-state index in [0.29, 0.717) is 12.6 Å². The van der Waals surface area contributed by atoms with Crippen molar-refractivity contribution >= 4 is 0 Å². The highest BCUT2D eigenvalue weighted by molar-refractivity contribution is 4.82. The molecule has 4 nitrogen and oxygen atoms in total. The fourth-order valence-corrected chi connectivity index (χ4v) is 1.45. The molecule has 1 heterocycles. The Labute approximate surface area is 90.3 Å². The van der Waals surface area contributed by atoms with Gasteiger partial charge in [-0.3, -0.25) is 4.57 Å². The predicted molar refractivity (Wildman–Crippen MR) is 60.9 cm³/mol. The van der Waals surface area contributed by atoms with Crippen LogP contribution in [0.4, 0.5) is 0 Å². The summed E-state index contributed by atoms with van der Waals surface area (Å²) in [5.41, 5.74) is -0.172. The van der Waals surface area contributed by atoms with Gasteiger partial charge >= 0.3 is 5.69 Å². The van der Waals surface area contributed by atoms with Crippen LogP contribution in [0.1, 0.15) is 26.7 Å². The van der Waals surface area contributed by atoms with Gasteiger partial charge in [0.05, 0.1) is 0 Å². The molecule has 84 valence electrons. The first-order chi connectivity index (χ1) is 7.27. The van der Waals surface area contributed by atoms with E-state index in [1.807, 2.05) is 0 Å². The van der Waals surface area contributed by atoms with E-state index in [0.717, 1.165) is 19.4 Å². The lowest BCUT2D eigenvalue weighted by atomic mass is 10.2. The Morgan fingerprint density at radius 3 is 2.93 bits per heavy atom. The Bertz CT molecular complexity index is 335. The fraction of sp³-hybridized carbons (Fsp3) is 0.636. The second kappa shape index (κ2) is 6.35. The van der Waals surface area contributed by atoms with Crippen LogP contribution in [0.5, 0.6) is 0 Å². The van der Waals surface area contributed by atoms with Crippen molar-refractivity contribution in [3.05, 3.63) is 28.9 Å². The van der Waals surface area contributed by atoms with Crippen LogP contribution >= 0.6 is 0 Å². The first-order valence-electron chi connectivity index (χ1n) is 5.52. The van der Waals surface area contributed by atoms with Gasteiger partial charge in [-0.2, -0.15) is 0 Å². The maximum atomic E-state index is 11.4. The Kier molecular flexibility index (Phi) is 5.04. The van der Waals surface area contributed by atoms with Gasteiger partial charge in [0.2, 0.25) is 0 Å². The summed E-state index contributed by atoms with van der Waals surface area (Å²) in [5, 5.41) is 3.41. The minimum Gasteiger partial charge on any atom is -0.312 e. The lowest BCUT2D eigenvalue weighted by Gasteiger charge is -2.17. The molecule has 1 aromatic rings. The number of nitrogens with zero attached hydrogens (tertiary/aromatic N) is 2. The van der Waals surface area contributed by atoms with Gasteiger partial charge in [-0.05, 0) is 25.5 Å². The normalized spacial score (nSPS) is 12.7. The average molecular weight is 209 g/mol. The van der Waals surface area contributed by atoms with E-state index < -0.39 is 0 Å². The molecule has 0 amide bonds. The Hall–Kier alpha value is -1.16. The molecule has 0 fully saturated rings. The van der Waals surface area contributed by atoms with E-state index in [4.69, 9.17) is 0 Å². The maximum Gasteiger partial charge on any atom is 0.347 e. The van der Waals surface area contributed by atoms with Crippen LogP contribution in [0.3, 0.4) is 0 Å². The van der Waals surface area contributed by atoms with Crippen LogP contribution in [0, 0.1) is 0 Å². The summed E-state index contributed by atoms with van der Waals surface area (Å²) in [6.45, 7) is 5.95. The van der Waals surface area contributed by atoms with E-state index in [9.17, 15) is 4.79 Å². The molecule has 15 heavy (non-hydrogen) atoms. The fourth-order valence-electron chi connectivity index (χ4n) is 1.45. The second-order valence-electron chi connectivity index (χ2n) is 3.61. The summed E-state index contributed by atoms with van der Waals surface area (Å²) >= 11 is 0. The molecule has 0 aliphatic rings. The first-order valence-corrected chi connectivity index (χ1v) is 5.52. The van der Waals surface area contributed by atoms with Gasteiger partial charge in [-0.15, -0.1) is 0 Å². The van der Waals surface area contributed by atoms with Crippen molar-refractivity contribution in [2.45, 2.75) is 39.3 Å². The van der Waals surface area contributed by atoms with Gasteiger partial charge in [0.1, 0.15) is 0 Å². The molecule has 0 aliphatic heterocycles. The number of hydrogen-bond donors (Lipinski definition) is 1. The van der Waals surface area contributed by atoms with Gasteiger partial charge in [-0.25, -0.2) is 9.78 Å². The van der Waals surface area contributed by atoms with Crippen molar-refractivity contribution in [3.8, 4) is 0 Å². The Morgan fingerprint density at radius 2 is 2.33 bits per heavy atom. The van der Waals surface area contributed by atoms with E-state index in [1.165, 1.54) is 6.20 Å². The third kappa shape index (κ3) is 3.83. The first kappa shape index (κ1) is 11.9. The molecule has 0 bridgehead atoms. The summed E-state index contributed by atoms with van der Waals surface area (Å²) in [4.78, 5) is 15.1. The third-order valence-corrected chi connectivity index (χ3v) is 2.38. The number of rotatable bonds is 6. The molecule has 0 aliphatic carbocycles. The molecule has 1 aromatic heterocycles. The molecule has 4 heteroatoms. The molecule has 1 unspecified atom stereocenters. The molecular formula is C11H19N3O. The van der Waals surface area contributed by atoms with E-state index in [1.54, 1.807) is 16.8 Å². The van der Waals surface area contributed by atoms with Crippen LogP contribution in [0.25, 0.3) is 0 Å². The van der Waals surface area contributed by atoms with Crippen LogP contribution < -0.4 is 11.0 Å². The predicted octanol–water partition coefficient (Wildman–Crippen LogP) is 1.02. The zero-order valence-electron chi connectivity index (χ0n) is 9.44. The number of aromatic nitrogens is 2. The third-order valence-electron chi connectivity index (χ3n) is 2.38. The second-order valence-corrected chi connectivity index (χ2v) is 3.61. The maximum absolute atomic E-state index is 11.4. The smallest absolute Gasteiger partial charge is 0.312 e. The van der Waals surface area contributed by atoms with Crippen molar-refractivity contribution in [3.63, 3.8) is 0 Å². The van der Waals surface area contributed by atoms with Crippen molar-refractivity contribution in [1.29, 1.82) is 0 Å². The number of nitrogens with one attached hydrogen (secondary N) is 1. The highest BCUT2D eigenvalue weighted by atomic mass is 16.1. The standard InChI is InChI=1S/C11H19N3O/c1-3-6-12-10(4-2)9-14-8-5-7-13-11(14)15/h5,7-8,10,12H,3-4,6,9H2,1-2H3. The zero-order valence-corrected chi connectivity index (χ0v) is 9.44. The van der Waals surface area contributed by atoms with Gasteiger partial charge in [-0.1, -0.05) is 13.8 Å². The minimum atomic E-state index is -0.172. The highest BCUT2D eigenvalue weighted by Gasteiger charge is 2.06. The molecule has 0 saturated heterocycles. The van der Waals surface area contributed by atoms with Gasteiger partial charge in [0.15, 0.2) is 0 Å². The molecule has 1 N–H and O–H groups in total. The highest BCUT2D eigenvalue weighted by Crippen LogP contribution is 1.94. The Morgan fingerprint density at radius 1 is 1.53 bits per heavy atom. The van der Waals surface area contributed by atoms with Crippen molar-refractivity contribution < 1.29 is 0 Å². The number of hydrogen-bond acceptors (Lipinski definition) is 3. The van der Waals surface area contributed by atoms with Gasteiger partial charge in [0, 0.05) is 25.0 Å². The van der Waals surface area contributed by atoms with Gasteiger partial charge < -0.3 is 5.32 Å². The molecule has 0 radical (unpaired) electrons. The minimum absolute atomic E-state index is 0.172. The molecular weight excluding hydrogens is 190 g/mol. The summed E-state index contributed by atoms with van der Waals surface area (Å²) in [6, 6.07) is 2.14. The summed E-state index contributed by atoms with van der Waals surface area (Å²) in [7, 11) is 0. The summed E-state index contributed by atoms with van der Waals surface area (Å²) in [5.74, 6) is 0. The van der Waals surface area contributed by atoms with Crippen LogP contribution in [-0.2, 0) is 6.54 Å². The van der Waals surface area contributed by atoms with Crippen molar-refractivity contribution in [2.24, 2.45) is 0 Å². The topological polar surface area (TPSA) is 46.9 Å². The monoisotopic (exact) mass is 209 g/mol. The van der Waals surface area contributed by atoms with Crippen LogP contribution in [0.2, 0.25) is 0 Å². The molecule has 0 saturated carbocycles. The molecule has 1 atom stereocenters. The molecule has 0 spiro atoms. The van der Waals surface area contributed by atoms with Crippen molar-refractivity contribution in [2.75, 3.05) is 6.54 Å². The van der Waals surface area contributed by atoms with Crippen LogP contribution in [-0.4, -0.2) is 22.1 Å². The van der Waals surface area contributed by atoms with E-state index in [-0.39, 0.29) is 5.69 Å². The molecule has 1 rings (SSSR count). The summed E-state index contributed by atoms with van der Waals surface area (Å²) < 4.78 is 1.65. The van der Waals surface area contributed by atoms with Crippen molar-refractivity contribution in [1.82, 2.24) is 14.9 Å². The largest absolute Gasteiger partial charge is 0.347 e. The SMILES string of the molecule is CCCNC(CC)Cn1cccnc1=O. The van der Waals surface area contributed by atoms with E-state index in [2.05, 4.69) is 24.1 Å². The Balaban J connectivity index is 2.58. The lowest BCUT2D eigenvalue weighted by molar-refractivity contribution is 0.427. The quantitative estimate of drug-likeness (QED) is 0.761. The lowest BCUT2D eigenvalue weighted by Crippen LogP contribution is -2.36. The van der Waals surface area contributed by atoms with Crippen LogP contribution in [0.15, 0.2) is 23.3 Å². The summed E-state index contributed by atoms with van der Waals surface area (Å²) in [6.07, 6.45) is 5.44. The average Bonchev–Trinajstić information content (AvgIpc) is 2.26.